The van der Waals surface area contributed by atoms with E-state index >= 15 is 0 Å². The highest BCUT2D eigenvalue weighted by atomic mass is 16.4. The molecule has 70 valence electrons. The summed E-state index contributed by atoms with van der Waals surface area (Å²) in [6.07, 6.45) is 1.50. The predicted octanol–water partition coefficient (Wildman–Crippen LogP) is 1.24. The lowest BCUT2D eigenvalue weighted by molar-refractivity contribution is 0.0690. The number of carboxylic acid groups (broad SMARTS) is 1. The van der Waals surface area contributed by atoms with E-state index in [0.29, 0.717) is 0 Å². The second-order valence-electron chi connectivity index (χ2n) is 2.72. The Morgan fingerprint density at radius 2 is 2.38 bits per heavy atom. The first-order valence-corrected chi connectivity index (χ1v) is 4.05. The van der Waals surface area contributed by atoms with Crippen LogP contribution in [0.4, 0.5) is 5.69 Å². The van der Waals surface area contributed by atoms with Gasteiger partial charge < -0.3 is 10.0 Å². The van der Waals surface area contributed by atoms with Crippen LogP contribution in [-0.2, 0) is 0 Å². The summed E-state index contributed by atoms with van der Waals surface area (Å²) in [4.78, 5) is 16.3. The van der Waals surface area contributed by atoms with Gasteiger partial charge in [-0.05, 0) is 19.1 Å². The van der Waals surface area contributed by atoms with E-state index in [2.05, 4.69) is 4.98 Å². The fourth-order valence-electron chi connectivity index (χ4n) is 0.956. The quantitative estimate of drug-likeness (QED) is 0.760. The Hall–Kier alpha value is -1.58. The molecule has 0 spiro atoms. The topological polar surface area (TPSA) is 53.4 Å². The zero-order valence-corrected chi connectivity index (χ0v) is 7.69. The van der Waals surface area contributed by atoms with E-state index in [9.17, 15) is 4.79 Å². The maximum atomic E-state index is 10.6. The Bertz CT molecular complexity index is 312. The first kappa shape index (κ1) is 9.51. The molecule has 0 aromatic carbocycles. The fourth-order valence-corrected chi connectivity index (χ4v) is 0.956. The molecule has 0 saturated carbocycles. The molecule has 0 aliphatic rings. The molecule has 0 unspecified atom stereocenters. The Morgan fingerprint density at radius 1 is 1.69 bits per heavy atom. The van der Waals surface area contributed by atoms with E-state index in [1.54, 1.807) is 12.1 Å². The molecule has 13 heavy (non-hydrogen) atoms. The van der Waals surface area contributed by atoms with Gasteiger partial charge in [-0.15, -0.1) is 0 Å². The minimum absolute atomic E-state index is 0.0813. The molecule has 0 aliphatic heterocycles. The van der Waals surface area contributed by atoms with Crippen molar-refractivity contribution in [1.82, 2.24) is 4.98 Å². The van der Waals surface area contributed by atoms with Crippen LogP contribution in [0.1, 0.15) is 17.4 Å². The van der Waals surface area contributed by atoms with Crippen LogP contribution in [0.3, 0.4) is 0 Å². The van der Waals surface area contributed by atoms with Crippen molar-refractivity contribution in [2.45, 2.75) is 6.92 Å². The van der Waals surface area contributed by atoms with Crippen molar-refractivity contribution < 1.29 is 9.90 Å². The summed E-state index contributed by atoms with van der Waals surface area (Å²) in [5, 5.41) is 8.68. The lowest BCUT2D eigenvalue weighted by atomic mass is 10.3. The summed E-state index contributed by atoms with van der Waals surface area (Å²) in [7, 11) is 1.90. The van der Waals surface area contributed by atoms with Crippen molar-refractivity contribution in [1.29, 1.82) is 0 Å². The number of hydrogen-bond donors (Lipinski definition) is 1. The smallest absolute Gasteiger partial charge is 0.354 e. The Labute approximate surface area is 76.8 Å². The first-order valence-electron chi connectivity index (χ1n) is 4.05. The predicted molar refractivity (Wildman–Crippen MR) is 50.1 cm³/mol. The van der Waals surface area contributed by atoms with Crippen LogP contribution in [0.15, 0.2) is 18.3 Å². The molecule has 4 heteroatoms. The highest BCUT2D eigenvalue weighted by Gasteiger charge is 2.06. The van der Waals surface area contributed by atoms with Crippen LogP contribution in [0.5, 0.6) is 0 Å². The van der Waals surface area contributed by atoms with Crippen molar-refractivity contribution in [3.8, 4) is 0 Å². The average molecular weight is 180 g/mol. The molecule has 1 aromatic heterocycles. The van der Waals surface area contributed by atoms with Gasteiger partial charge in [0.15, 0.2) is 0 Å². The largest absolute Gasteiger partial charge is 0.477 e. The molecule has 0 atom stereocenters. The second kappa shape index (κ2) is 3.89. The van der Waals surface area contributed by atoms with Crippen LogP contribution >= 0.6 is 0 Å². The number of aromatic nitrogens is 1. The minimum Gasteiger partial charge on any atom is -0.477 e. The van der Waals surface area contributed by atoms with Crippen molar-refractivity contribution in [2.75, 3.05) is 18.5 Å². The molecule has 4 nitrogen and oxygen atoms in total. The third kappa shape index (κ3) is 2.18. The summed E-state index contributed by atoms with van der Waals surface area (Å²) >= 11 is 0. The van der Waals surface area contributed by atoms with Gasteiger partial charge in [0.25, 0.3) is 0 Å². The van der Waals surface area contributed by atoms with Gasteiger partial charge in [0.1, 0.15) is 5.69 Å². The van der Waals surface area contributed by atoms with Gasteiger partial charge in [0.05, 0.1) is 0 Å². The second-order valence-corrected chi connectivity index (χ2v) is 2.72. The fraction of sp³-hybridized carbons (Fsp3) is 0.333. The standard InChI is InChI=1S/C9H12N2O2/c1-3-11(2)7-4-5-10-8(6-7)9(12)13/h4-6H,3H2,1-2H3,(H,12,13). The number of hydrogen-bond acceptors (Lipinski definition) is 3. The number of rotatable bonds is 3. The van der Waals surface area contributed by atoms with E-state index in [1.807, 2.05) is 18.9 Å². The van der Waals surface area contributed by atoms with Crippen LogP contribution in [0.2, 0.25) is 0 Å². The van der Waals surface area contributed by atoms with Crippen LogP contribution in [0, 0.1) is 0 Å². The van der Waals surface area contributed by atoms with Gasteiger partial charge in [-0.2, -0.15) is 0 Å². The minimum atomic E-state index is -0.994. The van der Waals surface area contributed by atoms with Gasteiger partial charge in [0.2, 0.25) is 0 Å². The molecular weight excluding hydrogens is 168 g/mol. The number of aromatic carboxylic acids is 1. The highest BCUT2D eigenvalue weighted by molar-refractivity contribution is 5.86. The third-order valence-electron chi connectivity index (χ3n) is 1.88. The van der Waals surface area contributed by atoms with Crippen LogP contribution < -0.4 is 4.90 Å². The lowest BCUT2D eigenvalue weighted by Crippen LogP contribution is -2.16. The Kier molecular flexibility index (Phi) is 2.84. The van der Waals surface area contributed by atoms with Crippen molar-refractivity contribution in [3.05, 3.63) is 24.0 Å². The van der Waals surface area contributed by atoms with Gasteiger partial charge >= 0.3 is 5.97 Å². The van der Waals surface area contributed by atoms with Gasteiger partial charge in [-0.3, -0.25) is 0 Å². The van der Waals surface area contributed by atoms with Crippen LogP contribution in [-0.4, -0.2) is 29.7 Å². The monoisotopic (exact) mass is 180 g/mol. The number of carbonyl (C=O) groups is 1. The van der Waals surface area contributed by atoms with E-state index in [4.69, 9.17) is 5.11 Å². The zero-order chi connectivity index (χ0) is 9.84. The molecular formula is C9H12N2O2. The highest BCUT2D eigenvalue weighted by Crippen LogP contribution is 2.11. The third-order valence-corrected chi connectivity index (χ3v) is 1.88. The van der Waals surface area contributed by atoms with E-state index in [-0.39, 0.29) is 5.69 Å². The van der Waals surface area contributed by atoms with E-state index < -0.39 is 5.97 Å². The summed E-state index contributed by atoms with van der Waals surface area (Å²) in [6, 6.07) is 3.35. The summed E-state index contributed by atoms with van der Waals surface area (Å²) in [5.74, 6) is -0.994. The number of nitrogens with zero attached hydrogens (tertiary/aromatic N) is 2. The zero-order valence-electron chi connectivity index (χ0n) is 7.69. The van der Waals surface area contributed by atoms with Crippen molar-refractivity contribution in [3.63, 3.8) is 0 Å². The maximum absolute atomic E-state index is 10.6. The summed E-state index contributed by atoms with van der Waals surface area (Å²) in [5.41, 5.74) is 0.952. The van der Waals surface area contributed by atoms with Gasteiger partial charge in [-0.1, -0.05) is 0 Å². The number of pyridine rings is 1. The summed E-state index contributed by atoms with van der Waals surface area (Å²) < 4.78 is 0. The molecule has 0 radical (unpaired) electrons. The number of anilines is 1. The Balaban J connectivity index is 2.98. The van der Waals surface area contributed by atoms with Crippen molar-refractivity contribution in [2.24, 2.45) is 0 Å². The molecule has 1 heterocycles. The normalized spacial score (nSPS) is 9.69. The molecule has 0 fully saturated rings. The molecule has 0 amide bonds. The van der Waals surface area contributed by atoms with Gasteiger partial charge in [-0.25, -0.2) is 9.78 Å². The maximum Gasteiger partial charge on any atom is 0.354 e. The molecule has 1 aromatic rings. The molecule has 0 aliphatic carbocycles. The Morgan fingerprint density at radius 3 is 2.92 bits per heavy atom. The number of carboxylic acids is 1. The first-order chi connectivity index (χ1) is 6.15. The average Bonchev–Trinajstić information content (AvgIpc) is 2.17. The van der Waals surface area contributed by atoms with Crippen molar-refractivity contribution >= 4 is 11.7 Å². The van der Waals surface area contributed by atoms with Crippen LogP contribution in [0.25, 0.3) is 0 Å². The molecule has 0 saturated heterocycles. The molecule has 1 N–H and O–H groups in total. The van der Waals surface area contributed by atoms with Gasteiger partial charge in [0, 0.05) is 25.5 Å². The van der Waals surface area contributed by atoms with E-state index in [0.717, 1.165) is 12.2 Å². The van der Waals surface area contributed by atoms with E-state index in [1.165, 1.54) is 6.20 Å². The SMILES string of the molecule is CCN(C)c1ccnc(C(=O)O)c1. The lowest BCUT2D eigenvalue weighted by Gasteiger charge is -2.16. The molecule has 0 bridgehead atoms. The summed E-state index contributed by atoms with van der Waals surface area (Å²) in [6.45, 7) is 2.84. The molecule has 1 rings (SSSR count).